The SMILES string of the molecule is CC(C)OC(=O)Cc1cnc2[nH]cc(-c3cccc(CC(=O)CC#N)c3)c2c1. The maximum Gasteiger partial charge on any atom is 0.310 e. The highest BCUT2D eigenvalue weighted by molar-refractivity contribution is 5.94. The van der Waals surface area contributed by atoms with Crippen LogP contribution in [0, 0.1) is 11.3 Å². The average molecular weight is 375 g/mol. The fourth-order valence-electron chi connectivity index (χ4n) is 3.08. The lowest BCUT2D eigenvalue weighted by molar-refractivity contribution is -0.146. The highest BCUT2D eigenvalue weighted by Gasteiger charge is 2.12. The zero-order valence-electron chi connectivity index (χ0n) is 15.9. The van der Waals surface area contributed by atoms with Crippen LogP contribution in [0.15, 0.2) is 42.7 Å². The van der Waals surface area contributed by atoms with E-state index in [0.29, 0.717) is 0 Å². The average Bonchev–Trinajstić information content (AvgIpc) is 3.04. The molecule has 0 spiro atoms. The number of carbonyl (C=O) groups excluding carboxylic acids is 2. The molecule has 0 saturated carbocycles. The van der Waals surface area contributed by atoms with Crippen molar-refractivity contribution in [3.05, 3.63) is 53.9 Å². The third-order valence-electron chi connectivity index (χ3n) is 4.22. The Morgan fingerprint density at radius 3 is 2.79 bits per heavy atom. The van der Waals surface area contributed by atoms with Crippen LogP contribution in [0.1, 0.15) is 31.4 Å². The van der Waals surface area contributed by atoms with Crippen LogP contribution in [-0.4, -0.2) is 27.8 Å². The van der Waals surface area contributed by atoms with Gasteiger partial charge in [0.05, 0.1) is 25.0 Å². The minimum atomic E-state index is -0.286. The molecule has 0 atom stereocenters. The number of rotatable bonds is 7. The molecule has 0 aliphatic carbocycles. The summed E-state index contributed by atoms with van der Waals surface area (Å²) in [6, 6.07) is 11.5. The Bertz CT molecular complexity index is 1060. The smallest absolute Gasteiger partial charge is 0.310 e. The third kappa shape index (κ3) is 4.63. The number of H-pyrrole nitrogens is 1. The van der Waals surface area contributed by atoms with Crippen molar-refractivity contribution in [2.24, 2.45) is 0 Å². The molecule has 0 saturated heterocycles. The summed E-state index contributed by atoms with van der Waals surface area (Å²) in [4.78, 5) is 31.2. The van der Waals surface area contributed by atoms with Gasteiger partial charge in [-0.2, -0.15) is 5.26 Å². The van der Waals surface area contributed by atoms with Crippen LogP contribution in [-0.2, 0) is 27.2 Å². The molecule has 28 heavy (non-hydrogen) atoms. The number of aromatic amines is 1. The first-order valence-corrected chi connectivity index (χ1v) is 9.09. The molecule has 3 aromatic rings. The van der Waals surface area contributed by atoms with Crippen LogP contribution in [0.5, 0.6) is 0 Å². The van der Waals surface area contributed by atoms with Gasteiger partial charge < -0.3 is 9.72 Å². The Kier molecular flexibility index (Phi) is 5.85. The van der Waals surface area contributed by atoms with E-state index < -0.39 is 0 Å². The molecule has 0 aliphatic rings. The summed E-state index contributed by atoms with van der Waals surface area (Å²) < 4.78 is 5.21. The second kappa shape index (κ2) is 8.49. The number of nitrogens with zero attached hydrogens (tertiary/aromatic N) is 2. The van der Waals surface area contributed by atoms with E-state index in [9.17, 15) is 9.59 Å². The van der Waals surface area contributed by atoms with Gasteiger partial charge in [0.2, 0.25) is 0 Å². The van der Waals surface area contributed by atoms with Crippen molar-refractivity contribution in [2.45, 2.75) is 39.2 Å². The van der Waals surface area contributed by atoms with Gasteiger partial charge in [-0.15, -0.1) is 0 Å². The van der Waals surface area contributed by atoms with Crippen LogP contribution in [0.3, 0.4) is 0 Å². The number of Topliss-reactive ketones (excluding diaryl/α,β-unsaturated/α-hetero) is 1. The van der Waals surface area contributed by atoms with Crippen LogP contribution in [0.2, 0.25) is 0 Å². The predicted octanol–water partition coefficient (Wildman–Crippen LogP) is 3.75. The number of hydrogen-bond donors (Lipinski definition) is 1. The Morgan fingerprint density at radius 2 is 2.04 bits per heavy atom. The number of nitrogens with one attached hydrogen (secondary N) is 1. The van der Waals surface area contributed by atoms with Gasteiger partial charge >= 0.3 is 5.97 Å². The van der Waals surface area contributed by atoms with Crippen molar-refractivity contribution < 1.29 is 14.3 Å². The molecule has 2 aromatic heterocycles. The van der Waals surface area contributed by atoms with E-state index in [1.54, 1.807) is 6.20 Å². The molecule has 0 bridgehead atoms. The largest absolute Gasteiger partial charge is 0.463 e. The Morgan fingerprint density at radius 1 is 1.21 bits per heavy atom. The minimum Gasteiger partial charge on any atom is -0.463 e. The normalized spacial score (nSPS) is 10.8. The van der Waals surface area contributed by atoms with E-state index in [2.05, 4.69) is 9.97 Å². The van der Waals surface area contributed by atoms with E-state index in [1.165, 1.54) is 0 Å². The van der Waals surface area contributed by atoms with Crippen molar-refractivity contribution >= 4 is 22.8 Å². The molecule has 1 aromatic carbocycles. The second-order valence-corrected chi connectivity index (χ2v) is 6.91. The lowest BCUT2D eigenvalue weighted by Gasteiger charge is -2.08. The summed E-state index contributed by atoms with van der Waals surface area (Å²) in [7, 11) is 0. The summed E-state index contributed by atoms with van der Waals surface area (Å²) in [5, 5.41) is 9.56. The van der Waals surface area contributed by atoms with Crippen LogP contribution in [0.25, 0.3) is 22.2 Å². The van der Waals surface area contributed by atoms with Crippen molar-refractivity contribution in [3.63, 3.8) is 0 Å². The van der Waals surface area contributed by atoms with Gasteiger partial charge in [-0.25, -0.2) is 4.98 Å². The molecule has 2 heterocycles. The van der Waals surface area contributed by atoms with E-state index in [0.717, 1.165) is 33.3 Å². The van der Waals surface area contributed by atoms with E-state index in [4.69, 9.17) is 10.00 Å². The van der Waals surface area contributed by atoms with E-state index in [-0.39, 0.29) is 37.1 Å². The van der Waals surface area contributed by atoms with E-state index >= 15 is 0 Å². The minimum absolute atomic E-state index is 0.0862. The summed E-state index contributed by atoms with van der Waals surface area (Å²) in [6.45, 7) is 3.63. The molecule has 6 heteroatoms. The number of nitriles is 1. The molecular formula is C22H21N3O3. The molecule has 3 rings (SSSR count). The maximum atomic E-state index is 11.9. The number of hydrogen-bond acceptors (Lipinski definition) is 5. The van der Waals surface area contributed by atoms with Crippen molar-refractivity contribution in [3.8, 4) is 17.2 Å². The van der Waals surface area contributed by atoms with Gasteiger partial charge in [-0.1, -0.05) is 24.3 Å². The van der Waals surface area contributed by atoms with Crippen LogP contribution >= 0.6 is 0 Å². The first kappa shape index (κ1) is 19.3. The summed E-state index contributed by atoms with van der Waals surface area (Å²) in [5.41, 5.74) is 4.24. The molecule has 0 unspecified atom stereocenters. The molecule has 0 radical (unpaired) electrons. The Labute approximate surface area is 163 Å². The topological polar surface area (TPSA) is 95.8 Å². The first-order chi connectivity index (χ1) is 13.5. The van der Waals surface area contributed by atoms with Gasteiger partial charge in [0.25, 0.3) is 0 Å². The van der Waals surface area contributed by atoms with Gasteiger partial charge in [-0.3, -0.25) is 9.59 Å². The fourth-order valence-corrected chi connectivity index (χ4v) is 3.08. The number of pyridine rings is 1. The molecular weight excluding hydrogens is 354 g/mol. The third-order valence-corrected chi connectivity index (χ3v) is 4.22. The molecule has 142 valence electrons. The van der Waals surface area contributed by atoms with Crippen molar-refractivity contribution in [1.82, 2.24) is 9.97 Å². The molecule has 0 fully saturated rings. The zero-order chi connectivity index (χ0) is 20.1. The number of esters is 1. The first-order valence-electron chi connectivity index (χ1n) is 9.09. The van der Waals surface area contributed by atoms with Gasteiger partial charge in [0.1, 0.15) is 5.65 Å². The van der Waals surface area contributed by atoms with Crippen LogP contribution in [0.4, 0.5) is 0 Å². The maximum absolute atomic E-state index is 11.9. The van der Waals surface area contributed by atoms with Crippen molar-refractivity contribution in [2.75, 3.05) is 0 Å². The summed E-state index contributed by atoms with van der Waals surface area (Å²) in [6.07, 6.45) is 3.68. The molecule has 1 N–H and O–H groups in total. The second-order valence-electron chi connectivity index (χ2n) is 6.91. The van der Waals surface area contributed by atoms with E-state index in [1.807, 2.05) is 56.4 Å². The number of carbonyl (C=O) groups is 2. The van der Waals surface area contributed by atoms with Gasteiger partial charge in [-0.05, 0) is 36.6 Å². The fraction of sp³-hybridized carbons (Fsp3) is 0.273. The predicted molar refractivity (Wildman–Crippen MR) is 105 cm³/mol. The monoisotopic (exact) mass is 375 g/mol. The lowest BCUT2D eigenvalue weighted by atomic mass is 9.99. The number of aromatic nitrogens is 2. The van der Waals surface area contributed by atoms with Crippen molar-refractivity contribution in [1.29, 1.82) is 5.26 Å². The number of ether oxygens (including phenoxy) is 1. The Hall–Kier alpha value is -3.46. The molecule has 0 aliphatic heterocycles. The number of ketones is 1. The quantitative estimate of drug-likeness (QED) is 0.635. The zero-order valence-corrected chi connectivity index (χ0v) is 15.9. The highest BCUT2D eigenvalue weighted by Crippen LogP contribution is 2.29. The Balaban J connectivity index is 1.89. The number of fused-ring (bicyclic) bond motifs is 1. The van der Waals surface area contributed by atoms with Gasteiger partial charge in [0, 0.05) is 29.8 Å². The lowest BCUT2D eigenvalue weighted by Crippen LogP contribution is -2.13. The molecule has 6 nitrogen and oxygen atoms in total. The highest BCUT2D eigenvalue weighted by atomic mass is 16.5. The summed E-state index contributed by atoms with van der Waals surface area (Å²) >= 11 is 0. The standard InChI is InChI=1S/C22H21N3O3/c1-14(2)28-21(27)11-16-10-19-20(13-25-22(19)24-12-16)17-5-3-4-15(8-17)9-18(26)6-7-23/h3-5,8,10,12-14H,6,9,11H2,1-2H3,(H,24,25). The van der Waals surface area contributed by atoms with Crippen LogP contribution < -0.4 is 0 Å². The molecule has 0 amide bonds. The number of benzene rings is 1. The summed E-state index contributed by atoms with van der Waals surface area (Å²) in [5.74, 6) is -0.391. The van der Waals surface area contributed by atoms with Gasteiger partial charge in [0.15, 0.2) is 5.78 Å².